The summed E-state index contributed by atoms with van der Waals surface area (Å²) in [6, 6.07) is 8.97. The van der Waals surface area contributed by atoms with Gasteiger partial charge in [0.2, 0.25) is 0 Å². The van der Waals surface area contributed by atoms with E-state index in [-0.39, 0.29) is 6.10 Å². The third-order valence-corrected chi connectivity index (χ3v) is 5.31. The molecule has 1 saturated carbocycles. The summed E-state index contributed by atoms with van der Waals surface area (Å²) in [7, 11) is 0. The van der Waals surface area contributed by atoms with Crippen LogP contribution < -0.4 is 0 Å². The van der Waals surface area contributed by atoms with Gasteiger partial charge in [0.15, 0.2) is 0 Å². The summed E-state index contributed by atoms with van der Waals surface area (Å²) in [5, 5.41) is 10.6. The van der Waals surface area contributed by atoms with E-state index in [1.165, 1.54) is 50.6 Å². The SMILES string of the molecule is Cc1ccccc1C(O)CN1CCCC1C1CCCC1. The lowest BCUT2D eigenvalue weighted by molar-refractivity contribution is 0.0890. The molecule has 0 spiro atoms. The van der Waals surface area contributed by atoms with Crippen molar-refractivity contribution in [1.82, 2.24) is 4.90 Å². The minimum Gasteiger partial charge on any atom is -0.387 e. The molecular weight excluding hydrogens is 246 g/mol. The van der Waals surface area contributed by atoms with Crippen molar-refractivity contribution in [1.29, 1.82) is 0 Å². The van der Waals surface area contributed by atoms with Crippen LogP contribution in [0.1, 0.15) is 55.8 Å². The van der Waals surface area contributed by atoms with Gasteiger partial charge in [-0.1, -0.05) is 37.1 Å². The molecule has 1 aromatic rings. The maximum atomic E-state index is 10.6. The number of likely N-dealkylation sites (tertiary alicyclic amines) is 1. The van der Waals surface area contributed by atoms with E-state index in [2.05, 4.69) is 24.0 Å². The van der Waals surface area contributed by atoms with E-state index in [1.807, 2.05) is 12.1 Å². The first-order chi connectivity index (χ1) is 9.75. The number of nitrogens with zero attached hydrogens (tertiary/aromatic N) is 1. The fourth-order valence-corrected chi connectivity index (χ4v) is 4.24. The van der Waals surface area contributed by atoms with Crippen molar-refractivity contribution in [3.05, 3.63) is 35.4 Å². The Morgan fingerprint density at radius 3 is 2.65 bits per heavy atom. The molecule has 2 aliphatic rings. The van der Waals surface area contributed by atoms with Crippen molar-refractivity contribution in [2.75, 3.05) is 13.1 Å². The van der Waals surface area contributed by atoms with E-state index in [0.29, 0.717) is 0 Å². The number of aliphatic hydroxyl groups is 1. The molecule has 1 aliphatic heterocycles. The number of hydrogen-bond acceptors (Lipinski definition) is 2. The monoisotopic (exact) mass is 273 g/mol. The molecule has 2 fully saturated rings. The summed E-state index contributed by atoms with van der Waals surface area (Å²) in [6.45, 7) is 4.08. The molecular formula is C18H27NO. The van der Waals surface area contributed by atoms with E-state index in [9.17, 15) is 5.11 Å². The van der Waals surface area contributed by atoms with E-state index in [1.54, 1.807) is 0 Å². The van der Waals surface area contributed by atoms with Crippen LogP contribution in [0, 0.1) is 12.8 Å². The molecule has 20 heavy (non-hydrogen) atoms. The molecule has 2 atom stereocenters. The van der Waals surface area contributed by atoms with Crippen LogP contribution in [0.25, 0.3) is 0 Å². The van der Waals surface area contributed by atoms with Crippen LogP contribution in [0.5, 0.6) is 0 Å². The molecule has 1 N–H and O–H groups in total. The van der Waals surface area contributed by atoms with Crippen molar-refractivity contribution in [3.8, 4) is 0 Å². The smallest absolute Gasteiger partial charge is 0.0919 e. The van der Waals surface area contributed by atoms with Gasteiger partial charge in [-0.05, 0) is 56.2 Å². The van der Waals surface area contributed by atoms with Crippen molar-refractivity contribution in [3.63, 3.8) is 0 Å². The van der Waals surface area contributed by atoms with Gasteiger partial charge in [0.05, 0.1) is 6.10 Å². The highest BCUT2D eigenvalue weighted by molar-refractivity contribution is 5.27. The molecule has 1 saturated heterocycles. The summed E-state index contributed by atoms with van der Waals surface area (Å²) in [5.74, 6) is 0.890. The Morgan fingerprint density at radius 2 is 1.90 bits per heavy atom. The summed E-state index contributed by atoms with van der Waals surface area (Å²) in [6.07, 6.45) is 7.94. The molecule has 3 rings (SSSR count). The number of aliphatic hydroxyl groups excluding tert-OH is 1. The Bertz CT molecular complexity index is 439. The minimum absolute atomic E-state index is 0.335. The molecule has 0 radical (unpaired) electrons. The lowest BCUT2D eigenvalue weighted by atomic mass is 9.95. The summed E-state index contributed by atoms with van der Waals surface area (Å²) in [4.78, 5) is 2.56. The molecule has 2 heteroatoms. The van der Waals surface area contributed by atoms with Gasteiger partial charge in [0.1, 0.15) is 0 Å². The highest BCUT2D eigenvalue weighted by Gasteiger charge is 2.34. The van der Waals surface area contributed by atoms with Gasteiger partial charge in [0, 0.05) is 12.6 Å². The van der Waals surface area contributed by atoms with Crippen LogP contribution in [0.4, 0.5) is 0 Å². The second kappa shape index (κ2) is 6.28. The fourth-order valence-electron chi connectivity index (χ4n) is 4.24. The molecule has 0 bridgehead atoms. The van der Waals surface area contributed by atoms with Crippen LogP contribution in [-0.4, -0.2) is 29.1 Å². The molecule has 2 nitrogen and oxygen atoms in total. The quantitative estimate of drug-likeness (QED) is 0.904. The first-order valence-corrected chi connectivity index (χ1v) is 8.23. The first-order valence-electron chi connectivity index (χ1n) is 8.23. The van der Waals surface area contributed by atoms with E-state index in [4.69, 9.17) is 0 Å². The number of aryl methyl sites for hydroxylation is 1. The zero-order valence-electron chi connectivity index (χ0n) is 12.6. The van der Waals surface area contributed by atoms with E-state index in [0.717, 1.165) is 24.1 Å². The summed E-state index contributed by atoms with van der Waals surface area (Å²) >= 11 is 0. The maximum Gasteiger partial charge on any atom is 0.0919 e. The average molecular weight is 273 g/mol. The standard InChI is InChI=1S/C18H27NO/c1-14-7-2-5-10-16(14)18(20)13-19-12-6-11-17(19)15-8-3-4-9-15/h2,5,7,10,15,17-18,20H,3-4,6,8-9,11-13H2,1H3. The Morgan fingerprint density at radius 1 is 1.15 bits per heavy atom. The maximum absolute atomic E-state index is 10.6. The third kappa shape index (κ3) is 2.91. The second-order valence-corrected chi connectivity index (χ2v) is 6.62. The molecule has 1 aromatic carbocycles. The molecule has 1 heterocycles. The molecule has 0 amide bonds. The van der Waals surface area contributed by atoms with Gasteiger partial charge in [-0.3, -0.25) is 4.90 Å². The van der Waals surface area contributed by atoms with Crippen molar-refractivity contribution < 1.29 is 5.11 Å². The molecule has 0 aromatic heterocycles. The Hall–Kier alpha value is -0.860. The van der Waals surface area contributed by atoms with Crippen LogP contribution in [0.15, 0.2) is 24.3 Å². The van der Waals surface area contributed by atoms with Gasteiger partial charge in [0.25, 0.3) is 0 Å². The summed E-state index contributed by atoms with van der Waals surface area (Å²) in [5.41, 5.74) is 2.31. The topological polar surface area (TPSA) is 23.5 Å². The van der Waals surface area contributed by atoms with Crippen LogP contribution in [-0.2, 0) is 0 Å². The van der Waals surface area contributed by atoms with Gasteiger partial charge in [-0.25, -0.2) is 0 Å². The number of β-amino-alcohol motifs (C(OH)–C–C–N with tert-alkyl or cyclic N) is 1. The predicted molar refractivity (Wildman–Crippen MR) is 82.7 cm³/mol. The fraction of sp³-hybridized carbons (Fsp3) is 0.667. The lowest BCUT2D eigenvalue weighted by Crippen LogP contribution is -2.37. The van der Waals surface area contributed by atoms with E-state index >= 15 is 0 Å². The Labute approximate surface area is 122 Å². The second-order valence-electron chi connectivity index (χ2n) is 6.62. The van der Waals surface area contributed by atoms with Crippen molar-refractivity contribution >= 4 is 0 Å². The Balaban J connectivity index is 1.65. The van der Waals surface area contributed by atoms with Gasteiger partial charge >= 0.3 is 0 Å². The molecule has 110 valence electrons. The van der Waals surface area contributed by atoms with Crippen molar-refractivity contribution in [2.45, 2.75) is 57.6 Å². The largest absolute Gasteiger partial charge is 0.387 e. The van der Waals surface area contributed by atoms with Crippen LogP contribution in [0.3, 0.4) is 0 Å². The zero-order valence-corrected chi connectivity index (χ0v) is 12.6. The normalized spacial score (nSPS) is 26.2. The Kier molecular flexibility index (Phi) is 4.42. The minimum atomic E-state index is -0.335. The first kappa shape index (κ1) is 14.1. The number of rotatable bonds is 4. The van der Waals surface area contributed by atoms with Crippen molar-refractivity contribution in [2.24, 2.45) is 5.92 Å². The lowest BCUT2D eigenvalue weighted by Gasteiger charge is -2.31. The van der Waals surface area contributed by atoms with Gasteiger partial charge in [-0.15, -0.1) is 0 Å². The van der Waals surface area contributed by atoms with Crippen LogP contribution in [0.2, 0.25) is 0 Å². The highest BCUT2D eigenvalue weighted by Crippen LogP contribution is 2.36. The highest BCUT2D eigenvalue weighted by atomic mass is 16.3. The van der Waals surface area contributed by atoms with E-state index < -0.39 is 0 Å². The van der Waals surface area contributed by atoms with Gasteiger partial charge < -0.3 is 5.11 Å². The zero-order chi connectivity index (χ0) is 13.9. The molecule has 1 aliphatic carbocycles. The summed E-state index contributed by atoms with van der Waals surface area (Å²) < 4.78 is 0. The third-order valence-electron chi connectivity index (χ3n) is 5.31. The van der Waals surface area contributed by atoms with Gasteiger partial charge in [-0.2, -0.15) is 0 Å². The average Bonchev–Trinajstić information content (AvgIpc) is 3.09. The predicted octanol–water partition coefficient (Wildman–Crippen LogP) is 3.68. The number of hydrogen-bond donors (Lipinski definition) is 1. The van der Waals surface area contributed by atoms with Crippen LogP contribution >= 0.6 is 0 Å². The molecule has 2 unspecified atom stereocenters. The number of benzene rings is 1.